The number of piperazine rings is 1. The fourth-order valence-electron chi connectivity index (χ4n) is 3.07. The first kappa shape index (κ1) is 24.0. The molecule has 2 aromatic rings. The van der Waals surface area contributed by atoms with Crippen LogP contribution in [0.4, 0.5) is 19.0 Å². The lowest BCUT2D eigenvalue weighted by Crippen LogP contribution is -2.52. The minimum Gasteiger partial charge on any atom is -0.484 e. The van der Waals surface area contributed by atoms with Gasteiger partial charge in [0, 0.05) is 46.0 Å². The summed E-state index contributed by atoms with van der Waals surface area (Å²) < 4.78 is 41.3. The van der Waals surface area contributed by atoms with Gasteiger partial charge >= 0.3 is 6.18 Å². The first-order chi connectivity index (χ1) is 13.9. The van der Waals surface area contributed by atoms with Gasteiger partial charge in [-0.15, -0.1) is 24.0 Å². The van der Waals surface area contributed by atoms with Crippen LogP contribution in [0.3, 0.4) is 0 Å². The van der Waals surface area contributed by atoms with E-state index >= 15 is 0 Å². The van der Waals surface area contributed by atoms with Crippen molar-refractivity contribution >= 4 is 35.8 Å². The average molecular weight is 535 g/mol. The summed E-state index contributed by atoms with van der Waals surface area (Å²) in [5.74, 6) is 1.96. The molecule has 6 nitrogen and oxygen atoms in total. The normalized spacial score (nSPS) is 14.9. The van der Waals surface area contributed by atoms with Gasteiger partial charge in [-0.05, 0) is 29.8 Å². The van der Waals surface area contributed by atoms with Gasteiger partial charge in [-0.3, -0.25) is 4.99 Å². The van der Waals surface area contributed by atoms with E-state index in [-0.39, 0.29) is 29.7 Å². The van der Waals surface area contributed by atoms with Crippen LogP contribution in [0.25, 0.3) is 0 Å². The molecule has 0 amide bonds. The second-order valence-electron chi connectivity index (χ2n) is 6.61. The fraction of sp³-hybridized carbons (Fsp3) is 0.400. The lowest BCUT2D eigenvalue weighted by molar-refractivity contribution is -0.153. The van der Waals surface area contributed by atoms with E-state index in [4.69, 9.17) is 4.74 Å². The van der Waals surface area contributed by atoms with Crippen molar-refractivity contribution in [3.8, 4) is 5.75 Å². The van der Waals surface area contributed by atoms with Crippen molar-refractivity contribution in [2.45, 2.75) is 12.7 Å². The highest BCUT2D eigenvalue weighted by molar-refractivity contribution is 14.0. The summed E-state index contributed by atoms with van der Waals surface area (Å²) in [4.78, 5) is 13.2. The van der Waals surface area contributed by atoms with Crippen LogP contribution in [-0.2, 0) is 6.54 Å². The van der Waals surface area contributed by atoms with E-state index in [2.05, 4.69) is 25.1 Å². The summed E-state index contributed by atoms with van der Waals surface area (Å²) >= 11 is 0. The monoisotopic (exact) mass is 535 g/mol. The molecule has 30 heavy (non-hydrogen) atoms. The van der Waals surface area contributed by atoms with Gasteiger partial charge in [-0.1, -0.05) is 18.2 Å². The molecule has 0 radical (unpaired) electrons. The Hall–Kier alpha value is -2.24. The number of benzene rings is 1. The Morgan fingerprint density at radius 3 is 2.37 bits per heavy atom. The van der Waals surface area contributed by atoms with Crippen molar-refractivity contribution in [2.24, 2.45) is 4.99 Å². The van der Waals surface area contributed by atoms with E-state index in [0.717, 1.165) is 43.5 Å². The van der Waals surface area contributed by atoms with Gasteiger partial charge in [0.1, 0.15) is 11.6 Å². The van der Waals surface area contributed by atoms with Crippen LogP contribution < -0.4 is 15.0 Å². The Balaban J connectivity index is 0.00000320. The van der Waals surface area contributed by atoms with Crippen molar-refractivity contribution in [1.29, 1.82) is 0 Å². The predicted octanol–water partition coefficient (Wildman–Crippen LogP) is 3.54. The summed E-state index contributed by atoms with van der Waals surface area (Å²) in [7, 11) is 1.74. The molecule has 3 rings (SSSR count). The first-order valence-corrected chi connectivity index (χ1v) is 9.35. The van der Waals surface area contributed by atoms with Crippen molar-refractivity contribution in [3.05, 3.63) is 54.2 Å². The van der Waals surface area contributed by atoms with Gasteiger partial charge < -0.3 is 19.9 Å². The zero-order valence-corrected chi connectivity index (χ0v) is 18.9. The smallest absolute Gasteiger partial charge is 0.422 e. The Morgan fingerprint density at radius 1 is 1.10 bits per heavy atom. The number of rotatable bonds is 5. The van der Waals surface area contributed by atoms with Crippen LogP contribution in [0.2, 0.25) is 0 Å². The summed E-state index contributed by atoms with van der Waals surface area (Å²) in [6.07, 6.45) is -2.55. The molecule has 0 unspecified atom stereocenters. The van der Waals surface area contributed by atoms with Crippen molar-refractivity contribution in [3.63, 3.8) is 0 Å². The standard InChI is InChI=1S/C20H24F3N5O.HI/c1-24-19(28-12-10-27(11-13-28)18-4-2-3-9-25-18)26-14-16-5-7-17(8-6-16)29-15-20(21,22)23;/h2-9H,10-15H2,1H3,(H,24,26);1H. The average Bonchev–Trinajstić information content (AvgIpc) is 2.74. The zero-order chi connectivity index (χ0) is 20.7. The minimum atomic E-state index is -4.34. The number of aliphatic imine (C=N–C) groups is 1. The topological polar surface area (TPSA) is 53.0 Å². The minimum absolute atomic E-state index is 0. The van der Waals surface area contributed by atoms with Gasteiger partial charge in [0.2, 0.25) is 0 Å². The van der Waals surface area contributed by atoms with Crippen molar-refractivity contribution in [2.75, 3.05) is 44.7 Å². The maximum Gasteiger partial charge on any atom is 0.422 e. The highest BCUT2D eigenvalue weighted by Gasteiger charge is 2.28. The molecule has 0 atom stereocenters. The van der Waals surface area contributed by atoms with Gasteiger partial charge in [0.05, 0.1) is 0 Å². The third-order valence-electron chi connectivity index (χ3n) is 4.54. The number of hydrogen-bond donors (Lipinski definition) is 1. The molecule has 0 bridgehead atoms. The SMILES string of the molecule is CN=C(NCc1ccc(OCC(F)(F)F)cc1)N1CCN(c2ccccn2)CC1.I. The number of anilines is 1. The highest BCUT2D eigenvalue weighted by atomic mass is 127. The number of pyridine rings is 1. The molecule has 0 spiro atoms. The quantitative estimate of drug-likeness (QED) is 0.361. The zero-order valence-electron chi connectivity index (χ0n) is 16.6. The van der Waals surface area contributed by atoms with Crippen LogP contribution in [0, 0.1) is 0 Å². The number of hydrogen-bond acceptors (Lipinski definition) is 4. The Bertz CT molecular complexity index is 794. The summed E-state index contributed by atoms with van der Waals surface area (Å²) in [6.45, 7) is 2.57. The van der Waals surface area contributed by atoms with E-state index in [1.54, 1.807) is 25.4 Å². The van der Waals surface area contributed by atoms with Crippen LogP contribution in [0.1, 0.15) is 5.56 Å². The summed E-state index contributed by atoms with van der Waals surface area (Å²) in [5, 5.41) is 3.31. The Kier molecular flexibility index (Phi) is 9.00. The largest absolute Gasteiger partial charge is 0.484 e. The molecule has 1 aliphatic rings. The van der Waals surface area contributed by atoms with Gasteiger partial charge in [-0.2, -0.15) is 13.2 Å². The maximum absolute atomic E-state index is 12.2. The Morgan fingerprint density at radius 2 is 1.80 bits per heavy atom. The van der Waals surface area contributed by atoms with Gasteiger partial charge in [-0.25, -0.2) is 4.98 Å². The van der Waals surface area contributed by atoms with Crippen LogP contribution in [-0.4, -0.2) is 61.9 Å². The third kappa shape index (κ3) is 7.22. The number of guanidine groups is 1. The number of alkyl halides is 3. The van der Waals surface area contributed by atoms with Crippen LogP contribution >= 0.6 is 24.0 Å². The molecule has 10 heteroatoms. The van der Waals surface area contributed by atoms with E-state index in [1.165, 1.54) is 12.1 Å². The van der Waals surface area contributed by atoms with E-state index in [0.29, 0.717) is 6.54 Å². The molecule has 1 fully saturated rings. The molecule has 2 heterocycles. The molecule has 1 N–H and O–H groups in total. The summed E-state index contributed by atoms with van der Waals surface area (Å²) in [5.41, 5.74) is 0.928. The van der Waals surface area contributed by atoms with Crippen molar-refractivity contribution in [1.82, 2.24) is 15.2 Å². The first-order valence-electron chi connectivity index (χ1n) is 9.35. The molecule has 1 saturated heterocycles. The van der Waals surface area contributed by atoms with Crippen LogP contribution in [0.15, 0.2) is 53.7 Å². The summed E-state index contributed by atoms with van der Waals surface area (Å²) in [6, 6.07) is 12.4. The van der Waals surface area contributed by atoms with Crippen LogP contribution in [0.5, 0.6) is 5.75 Å². The second kappa shape index (κ2) is 11.2. The van der Waals surface area contributed by atoms with Gasteiger partial charge in [0.15, 0.2) is 12.6 Å². The molecule has 1 aromatic heterocycles. The van der Waals surface area contributed by atoms with E-state index in [1.807, 2.05) is 18.2 Å². The van der Waals surface area contributed by atoms with E-state index in [9.17, 15) is 13.2 Å². The highest BCUT2D eigenvalue weighted by Crippen LogP contribution is 2.19. The molecule has 0 saturated carbocycles. The fourth-order valence-corrected chi connectivity index (χ4v) is 3.07. The molecule has 164 valence electrons. The Labute approximate surface area is 191 Å². The number of halogens is 4. The van der Waals surface area contributed by atoms with E-state index < -0.39 is 12.8 Å². The maximum atomic E-state index is 12.2. The molecule has 0 aliphatic carbocycles. The molecular weight excluding hydrogens is 510 g/mol. The molecule has 1 aromatic carbocycles. The number of ether oxygens (including phenoxy) is 1. The number of aromatic nitrogens is 1. The number of nitrogens with one attached hydrogen (secondary N) is 1. The molecular formula is C20H25F3IN5O. The lowest BCUT2D eigenvalue weighted by atomic mass is 10.2. The van der Waals surface area contributed by atoms with Gasteiger partial charge in [0.25, 0.3) is 0 Å². The lowest BCUT2D eigenvalue weighted by Gasteiger charge is -2.37. The van der Waals surface area contributed by atoms with Crippen molar-refractivity contribution < 1.29 is 17.9 Å². The molecule has 1 aliphatic heterocycles. The second-order valence-corrected chi connectivity index (χ2v) is 6.61. The predicted molar refractivity (Wildman–Crippen MR) is 122 cm³/mol. The number of nitrogens with zero attached hydrogens (tertiary/aromatic N) is 4. The third-order valence-corrected chi connectivity index (χ3v) is 4.54.